The molecule has 4 nitrogen and oxygen atoms in total. The fraction of sp³-hybridized carbons (Fsp3) is 0.125. The lowest BCUT2D eigenvalue weighted by molar-refractivity contribution is 0.778. The summed E-state index contributed by atoms with van der Waals surface area (Å²) in [6.45, 7) is 1.85. The van der Waals surface area contributed by atoms with E-state index >= 15 is 0 Å². The lowest BCUT2D eigenvalue weighted by Crippen LogP contribution is -1.98. The molecule has 59 valence electrons. The van der Waals surface area contributed by atoms with Crippen LogP contribution in [0.2, 0.25) is 0 Å². The maximum atomic E-state index is 3.81. The number of para-hydroxylation sites is 1. The van der Waals surface area contributed by atoms with E-state index in [0.717, 1.165) is 11.5 Å². The molecule has 1 aromatic heterocycles. The van der Waals surface area contributed by atoms with Crippen LogP contribution in [0.1, 0.15) is 5.82 Å². The van der Waals surface area contributed by atoms with Crippen molar-refractivity contribution in [2.24, 2.45) is 0 Å². The molecule has 0 spiro atoms. The van der Waals surface area contributed by atoms with Gasteiger partial charge in [-0.15, -0.1) is 5.10 Å². The van der Waals surface area contributed by atoms with Gasteiger partial charge in [-0.1, -0.05) is 18.2 Å². The Balaban J connectivity index is 2.51. The molecular formula is C8H7N4. The molecule has 1 radical (unpaired) electrons. The third-order valence-electron chi connectivity index (χ3n) is 1.55. The Bertz CT molecular complexity index is 366. The van der Waals surface area contributed by atoms with Crippen LogP contribution in [0.5, 0.6) is 0 Å². The zero-order valence-corrected chi connectivity index (χ0v) is 6.60. The smallest absolute Gasteiger partial charge is 0.153 e. The lowest BCUT2D eigenvalue weighted by Gasteiger charge is -1.98. The molecule has 0 unspecified atom stereocenters. The molecule has 0 aliphatic rings. The second kappa shape index (κ2) is 2.73. The SMILES string of the molecule is Cc1nnnn1-c1[c]cccc1. The Kier molecular flexibility index (Phi) is 1.59. The third-order valence-corrected chi connectivity index (χ3v) is 1.55. The molecule has 0 bridgehead atoms. The van der Waals surface area contributed by atoms with Crippen molar-refractivity contribution in [1.29, 1.82) is 0 Å². The van der Waals surface area contributed by atoms with Crippen LogP contribution < -0.4 is 0 Å². The Morgan fingerprint density at radius 1 is 1.42 bits per heavy atom. The highest BCUT2D eigenvalue weighted by atomic mass is 15.5. The first kappa shape index (κ1) is 6.97. The number of aromatic nitrogens is 4. The summed E-state index contributed by atoms with van der Waals surface area (Å²) in [5.41, 5.74) is 0.861. The molecule has 0 aliphatic heterocycles. The van der Waals surface area contributed by atoms with E-state index in [4.69, 9.17) is 0 Å². The first-order valence-corrected chi connectivity index (χ1v) is 3.60. The first-order chi connectivity index (χ1) is 5.88. The van der Waals surface area contributed by atoms with Gasteiger partial charge in [-0.25, -0.2) is 0 Å². The van der Waals surface area contributed by atoms with E-state index in [0.29, 0.717) is 0 Å². The van der Waals surface area contributed by atoms with Crippen LogP contribution in [-0.4, -0.2) is 20.2 Å². The minimum Gasteiger partial charge on any atom is -0.197 e. The van der Waals surface area contributed by atoms with Crippen LogP contribution in [0.4, 0.5) is 0 Å². The van der Waals surface area contributed by atoms with Crippen molar-refractivity contribution in [2.45, 2.75) is 6.92 Å². The number of nitrogens with zero attached hydrogens (tertiary/aromatic N) is 4. The van der Waals surface area contributed by atoms with Gasteiger partial charge in [-0.05, 0) is 23.4 Å². The summed E-state index contributed by atoms with van der Waals surface area (Å²) < 4.78 is 1.64. The van der Waals surface area contributed by atoms with Gasteiger partial charge < -0.3 is 0 Å². The Hall–Kier alpha value is -1.71. The highest BCUT2D eigenvalue weighted by molar-refractivity contribution is 5.28. The van der Waals surface area contributed by atoms with E-state index in [1.54, 1.807) is 4.68 Å². The summed E-state index contributed by atoms with van der Waals surface area (Å²) in [5, 5.41) is 11.1. The summed E-state index contributed by atoms with van der Waals surface area (Å²) in [5.74, 6) is 0.762. The summed E-state index contributed by atoms with van der Waals surface area (Å²) in [7, 11) is 0. The summed E-state index contributed by atoms with van der Waals surface area (Å²) in [4.78, 5) is 0. The Morgan fingerprint density at radius 3 is 2.92 bits per heavy atom. The van der Waals surface area contributed by atoms with Gasteiger partial charge >= 0.3 is 0 Å². The topological polar surface area (TPSA) is 43.6 Å². The van der Waals surface area contributed by atoms with Crippen molar-refractivity contribution in [3.8, 4) is 5.69 Å². The average Bonchev–Trinajstić information content (AvgIpc) is 2.53. The molecular weight excluding hydrogens is 152 g/mol. The molecule has 0 saturated heterocycles. The normalized spacial score (nSPS) is 10.1. The van der Waals surface area contributed by atoms with Crippen molar-refractivity contribution in [1.82, 2.24) is 20.2 Å². The predicted octanol–water partition coefficient (Wildman–Crippen LogP) is 0.771. The van der Waals surface area contributed by atoms with Gasteiger partial charge in [-0.3, -0.25) is 0 Å². The lowest BCUT2D eigenvalue weighted by atomic mass is 10.3. The zero-order chi connectivity index (χ0) is 8.39. The second-order valence-electron chi connectivity index (χ2n) is 2.39. The number of rotatable bonds is 1. The number of hydrogen-bond donors (Lipinski definition) is 0. The van der Waals surface area contributed by atoms with Gasteiger partial charge in [0, 0.05) is 6.07 Å². The van der Waals surface area contributed by atoms with Crippen molar-refractivity contribution >= 4 is 0 Å². The summed E-state index contributed by atoms with van der Waals surface area (Å²) >= 11 is 0. The maximum absolute atomic E-state index is 3.81. The quantitative estimate of drug-likeness (QED) is 0.617. The van der Waals surface area contributed by atoms with Crippen LogP contribution in [0.25, 0.3) is 5.69 Å². The van der Waals surface area contributed by atoms with Gasteiger partial charge in [0.25, 0.3) is 0 Å². The molecule has 4 heteroatoms. The number of hydrogen-bond acceptors (Lipinski definition) is 3. The molecule has 2 rings (SSSR count). The molecule has 0 atom stereocenters. The van der Waals surface area contributed by atoms with Gasteiger partial charge in [0.15, 0.2) is 5.82 Å². The molecule has 0 fully saturated rings. The largest absolute Gasteiger partial charge is 0.197 e. The summed E-state index contributed by atoms with van der Waals surface area (Å²) in [6, 6.07) is 10.6. The van der Waals surface area contributed by atoms with Crippen LogP contribution in [0.15, 0.2) is 24.3 Å². The fourth-order valence-corrected chi connectivity index (χ4v) is 0.970. The van der Waals surface area contributed by atoms with E-state index in [1.807, 2.05) is 31.2 Å². The number of tetrazole rings is 1. The van der Waals surface area contributed by atoms with Gasteiger partial charge in [0.1, 0.15) is 0 Å². The van der Waals surface area contributed by atoms with Crippen molar-refractivity contribution in [3.63, 3.8) is 0 Å². The molecule has 1 aromatic carbocycles. The fourth-order valence-electron chi connectivity index (χ4n) is 0.970. The van der Waals surface area contributed by atoms with Gasteiger partial charge in [-0.2, -0.15) is 4.68 Å². The van der Waals surface area contributed by atoms with Crippen molar-refractivity contribution in [2.75, 3.05) is 0 Å². The third kappa shape index (κ3) is 1.07. The molecule has 0 saturated carbocycles. The first-order valence-electron chi connectivity index (χ1n) is 3.60. The second-order valence-corrected chi connectivity index (χ2v) is 2.39. The predicted molar refractivity (Wildman–Crippen MR) is 42.7 cm³/mol. The number of benzene rings is 1. The number of aryl methyl sites for hydroxylation is 1. The van der Waals surface area contributed by atoms with E-state index in [-0.39, 0.29) is 0 Å². The molecule has 0 N–H and O–H groups in total. The van der Waals surface area contributed by atoms with Crippen LogP contribution in [-0.2, 0) is 0 Å². The molecule has 0 amide bonds. The molecule has 2 aromatic rings. The van der Waals surface area contributed by atoms with Crippen molar-refractivity contribution in [3.05, 3.63) is 36.2 Å². The Labute approximate surface area is 69.8 Å². The average molecular weight is 159 g/mol. The van der Waals surface area contributed by atoms with E-state index in [1.165, 1.54) is 0 Å². The highest BCUT2D eigenvalue weighted by Crippen LogP contribution is 2.04. The van der Waals surface area contributed by atoms with E-state index in [2.05, 4.69) is 21.6 Å². The zero-order valence-electron chi connectivity index (χ0n) is 6.60. The minimum atomic E-state index is 0.762. The maximum Gasteiger partial charge on any atom is 0.153 e. The highest BCUT2D eigenvalue weighted by Gasteiger charge is 2.00. The summed E-state index contributed by atoms with van der Waals surface area (Å²) in [6.07, 6.45) is 0. The van der Waals surface area contributed by atoms with Crippen LogP contribution >= 0.6 is 0 Å². The Morgan fingerprint density at radius 2 is 2.33 bits per heavy atom. The molecule has 0 aliphatic carbocycles. The van der Waals surface area contributed by atoms with Gasteiger partial charge in [0.2, 0.25) is 0 Å². The molecule has 12 heavy (non-hydrogen) atoms. The van der Waals surface area contributed by atoms with Gasteiger partial charge in [0.05, 0.1) is 5.69 Å². The van der Waals surface area contributed by atoms with E-state index in [9.17, 15) is 0 Å². The van der Waals surface area contributed by atoms with Crippen molar-refractivity contribution < 1.29 is 0 Å². The van der Waals surface area contributed by atoms with Crippen LogP contribution in [0, 0.1) is 13.0 Å². The monoisotopic (exact) mass is 159 g/mol. The van der Waals surface area contributed by atoms with Crippen LogP contribution in [0.3, 0.4) is 0 Å². The van der Waals surface area contributed by atoms with E-state index < -0.39 is 0 Å². The minimum absolute atomic E-state index is 0.762. The standard InChI is InChI=1S/C8H7N4/c1-7-9-10-11-12(7)8-5-3-2-4-6-8/h2-5H,1H3. The molecule has 1 heterocycles.